The molecule has 33 heavy (non-hydrogen) atoms. The molecule has 0 fully saturated rings. The third-order valence-corrected chi connectivity index (χ3v) is 4.86. The number of carbonyl (C=O) groups is 1. The van der Waals surface area contributed by atoms with Crippen LogP contribution in [0.1, 0.15) is 23.9 Å². The number of ether oxygens (including phenoxy) is 2. The molecule has 2 aromatic heterocycles. The Morgan fingerprint density at radius 3 is 2.67 bits per heavy atom. The number of hydrogen-bond acceptors (Lipinski definition) is 9. The fourth-order valence-corrected chi connectivity index (χ4v) is 3.23. The Labute approximate surface area is 191 Å². The van der Waals surface area contributed by atoms with Crippen molar-refractivity contribution in [2.24, 2.45) is 0 Å². The summed E-state index contributed by atoms with van der Waals surface area (Å²) in [6, 6.07) is 7.39. The number of aryl methyl sites for hydroxylation is 3. The van der Waals surface area contributed by atoms with E-state index in [0.717, 1.165) is 28.9 Å². The summed E-state index contributed by atoms with van der Waals surface area (Å²) in [5, 5.41) is 25.2. The number of pyridine rings is 1. The average molecular weight is 456 g/mol. The lowest BCUT2D eigenvalue weighted by molar-refractivity contribution is -0.124. The van der Waals surface area contributed by atoms with Crippen LogP contribution in [0.4, 0.5) is 0 Å². The van der Waals surface area contributed by atoms with E-state index in [-0.39, 0.29) is 13.2 Å². The van der Waals surface area contributed by atoms with Crippen molar-refractivity contribution in [3.8, 4) is 34.3 Å². The number of hydrogen-bond donors (Lipinski definition) is 3. The molecule has 176 valence electrons. The first-order valence-corrected chi connectivity index (χ1v) is 10.5. The molecule has 0 bridgehead atoms. The van der Waals surface area contributed by atoms with E-state index in [1.165, 1.54) is 7.11 Å². The number of aromatic nitrogens is 3. The molecule has 2 heterocycles. The standard InChI is InChI=1S/C23H28N4O6/c1-5-17-8-16(7-14(3)25-17)23-26-22(27-33-23)15-6-13(2)21(19(9-15)31-4)32-12-18(29)10-24-20(30)11-28/h6-9,18,28-29H,5,10-12H2,1-4H3,(H,24,30)/t18-/m1/s1. The van der Waals surface area contributed by atoms with Crippen LogP contribution in [0.3, 0.4) is 0 Å². The molecular formula is C23H28N4O6. The number of benzene rings is 1. The molecule has 0 unspecified atom stereocenters. The van der Waals surface area contributed by atoms with Gasteiger partial charge in [-0.25, -0.2) is 0 Å². The van der Waals surface area contributed by atoms with E-state index in [4.69, 9.17) is 19.1 Å². The maximum Gasteiger partial charge on any atom is 0.258 e. The zero-order chi connectivity index (χ0) is 24.0. The molecule has 3 rings (SSSR count). The maximum atomic E-state index is 11.1. The van der Waals surface area contributed by atoms with Gasteiger partial charge in [-0.2, -0.15) is 4.98 Å². The van der Waals surface area contributed by atoms with Crippen LogP contribution in [0.25, 0.3) is 22.8 Å². The van der Waals surface area contributed by atoms with Gasteiger partial charge in [0.2, 0.25) is 11.7 Å². The second-order valence-corrected chi connectivity index (χ2v) is 7.52. The van der Waals surface area contributed by atoms with Crippen LogP contribution in [0, 0.1) is 13.8 Å². The first-order chi connectivity index (χ1) is 15.8. The van der Waals surface area contributed by atoms with Crippen molar-refractivity contribution in [1.82, 2.24) is 20.4 Å². The van der Waals surface area contributed by atoms with Gasteiger partial charge in [0, 0.05) is 29.1 Å². The Kier molecular flexibility index (Phi) is 7.96. The topological polar surface area (TPSA) is 140 Å². The zero-order valence-electron chi connectivity index (χ0n) is 19.1. The summed E-state index contributed by atoms with van der Waals surface area (Å²) in [7, 11) is 1.51. The minimum Gasteiger partial charge on any atom is -0.493 e. The highest BCUT2D eigenvalue weighted by atomic mass is 16.5. The van der Waals surface area contributed by atoms with Crippen molar-refractivity contribution in [3.05, 3.63) is 41.2 Å². The van der Waals surface area contributed by atoms with Crippen LogP contribution in [-0.4, -0.2) is 64.2 Å². The van der Waals surface area contributed by atoms with Crippen molar-refractivity contribution < 1.29 is 29.0 Å². The molecule has 0 saturated heterocycles. The number of amides is 1. The summed E-state index contributed by atoms with van der Waals surface area (Å²) in [4.78, 5) is 20.1. The molecule has 1 amide bonds. The molecule has 0 aliphatic rings. The van der Waals surface area contributed by atoms with Crippen molar-refractivity contribution in [2.75, 3.05) is 26.9 Å². The van der Waals surface area contributed by atoms with Crippen molar-refractivity contribution >= 4 is 5.91 Å². The Morgan fingerprint density at radius 2 is 1.97 bits per heavy atom. The molecule has 1 aromatic carbocycles. The number of aliphatic hydroxyl groups excluding tert-OH is 2. The predicted molar refractivity (Wildman–Crippen MR) is 120 cm³/mol. The quantitative estimate of drug-likeness (QED) is 0.417. The zero-order valence-corrected chi connectivity index (χ0v) is 19.1. The first kappa shape index (κ1) is 24.1. The fraction of sp³-hybridized carbons (Fsp3) is 0.391. The fourth-order valence-electron chi connectivity index (χ4n) is 3.23. The van der Waals surface area contributed by atoms with Gasteiger partial charge in [-0.3, -0.25) is 9.78 Å². The van der Waals surface area contributed by atoms with Gasteiger partial charge < -0.3 is 29.5 Å². The lowest BCUT2D eigenvalue weighted by atomic mass is 10.1. The molecule has 0 aliphatic heterocycles. The highest BCUT2D eigenvalue weighted by Crippen LogP contribution is 2.36. The van der Waals surface area contributed by atoms with Gasteiger partial charge in [0.25, 0.3) is 5.89 Å². The monoisotopic (exact) mass is 456 g/mol. The van der Waals surface area contributed by atoms with Crippen molar-refractivity contribution in [1.29, 1.82) is 0 Å². The summed E-state index contributed by atoms with van der Waals surface area (Å²) in [5.74, 6) is 1.12. The highest BCUT2D eigenvalue weighted by Gasteiger charge is 2.18. The van der Waals surface area contributed by atoms with Gasteiger partial charge in [-0.1, -0.05) is 12.1 Å². The van der Waals surface area contributed by atoms with Gasteiger partial charge in [0.05, 0.1) is 7.11 Å². The molecular weight excluding hydrogens is 428 g/mol. The smallest absolute Gasteiger partial charge is 0.258 e. The lowest BCUT2D eigenvalue weighted by Gasteiger charge is -2.17. The summed E-state index contributed by atoms with van der Waals surface area (Å²) < 4.78 is 16.7. The van der Waals surface area contributed by atoms with Crippen LogP contribution < -0.4 is 14.8 Å². The van der Waals surface area contributed by atoms with Crippen LogP contribution in [0.5, 0.6) is 11.5 Å². The Balaban J connectivity index is 1.79. The summed E-state index contributed by atoms with van der Waals surface area (Å²) in [6.45, 7) is 5.04. The summed E-state index contributed by atoms with van der Waals surface area (Å²) >= 11 is 0. The van der Waals surface area contributed by atoms with Crippen LogP contribution >= 0.6 is 0 Å². The molecule has 0 saturated carbocycles. The van der Waals surface area contributed by atoms with E-state index < -0.39 is 18.6 Å². The third kappa shape index (κ3) is 6.05. The van der Waals surface area contributed by atoms with Gasteiger partial charge in [-0.15, -0.1) is 0 Å². The number of aliphatic hydroxyl groups is 2. The number of rotatable bonds is 10. The largest absolute Gasteiger partial charge is 0.493 e. The minimum absolute atomic E-state index is 0.0430. The summed E-state index contributed by atoms with van der Waals surface area (Å²) in [6.07, 6.45) is -0.156. The van der Waals surface area contributed by atoms with Crippen LogP contribution in [0.15, 0.2) is 28.8 Å². The number of carbonyl (C=O) groups excluding carboxylic acids is 1. The highest BCUT2D eigenvalue weighted by molar-refractivity contribution is 5.76. The van der Waals surface area contributed by atoms with E-state index in [1.54, 1.807) is 6.07 Å². The van der Waals surface area contributed by atoms with Gasteiger partial charge in [0.1, 0.15) is 19.3 Å². The molecule has 10 nitrogen and oxygen atoms in total. The molecule has 3 N–H and O–H groups in total. The first-order valence-electron chi connectivity index (χ1n) is 10.5. The van der Waals surface area contributed by atoms with E-state index in [1.807, 2.05) is 39.0 Å². The third-order valence-electron chi connectivity index (χ3n) is 4.86. The number of nitrogens with zero attached hydrogens (tertiary/aromatic N) is 3. The molecule has 0 aliphatic carbocycles. The normalized spacial score (nSPS) is 11.8. The van der Waals surface area contributed by atoms with Gasteiger partial charge in [-0.05, 0) is 50.1 Å². The number of methoxy groups -OCH3 is 1. The molecule has 0 spiro atoms. The maximum absolute atomic E-state index is 11.1. The number of nitrogens with one attached hydrogen (secondary N) is 1. The minimum atomic E-state index is -0.958. The van der Waals surface area contributed by atoms with Crippen LogP contribution in [0.2, 0.25) is 0 Å². The van der Waals surface area contributed by atoms with Gasteiger partial charge >= 0.3 is 0 Å². The van der Waals surface area contributed by atoms with Crippen LogP contribution in [-0.2, 0) is 11.2 Å². The summed E-state index contributed by atoms with van der Waals surface area (Å²) in [5.41, 5.74) is 4.06. The molecule has 3 aromatic rings. The predicted octanol–water partition coefficient (Wildman–Crippen LogP) is 1.83. The second kappa shape index (κ2) is 10.9. The Morgan fingerprint density at radius 1 is 1.18 bits per heavy atom. The average Bonchev–Trinajstić information content (AvgIpc) is 3.31. The Bertz CT molecular complexity index is 1110. The Hall–Kier alpha value is -3.50. The van der Waals surface area contributed by atoms with Crippen molar-refractivity contribution in [3.63, 3.8) is 0 Å². The van der Waals surface area contributed by atoms with E-state index in [9.17, 15) is 9.90 Å². The lowest BCUT2D eigenvalue weighted by Crippen LogP contribution is -2.36. The molecule has 10 heteroatoms. The SMILES string of the molecule is CCc1cc(-c2nc(-c3cc(C)c(OC[C@H](O)CNC(=O)CO)c(OC)c3)no2)cc(C)n1. The van der Waals surface area contributed by atoms with Gasteiger partial charge in [0.15, 0.2) is 11.5 Å². The van der Waals surface area contributed by atoms with E-state index >= 15 is 0 Å². The molecule has 0 radical (unpaired) electrons. The van der Waals surface area contributed by atoms with E-state index in [2.05, 4.69) is 20.4 Å². The van der Waals surface area contributed by atoms with E-state index in [0.29, 0.717) is 28.8 Å². The second-order valence-electron chi connectivity index (χ2n) is 7.52. The van der Waals surface area contributed by atoms with Crippen molar-refractivity contribution in [2.45, 2.75) is 33.3 Å². The molecule has 1 atom stereocenters.